The second-order valence-corrected chi connectivity index (χ2v) is 7.66. The molecule has 0 radical (unpaired) electrons. The van der Waals surface area contributed by atoms with Crippen LogP contribution in [0.5, 0.6) is 5.75 Å². The summed E-state index contributed by atoms with van der Waals surface area (Å²) in [4.78, 5) is 31.5. The van der Waals surface area contributed by atoms with Crippen molar-refractivity contribution in [2.24, 2.45) is 0 Å². The van der Waals surface area contributed by atoms with Gasteiger partial charge < -0.3 is 19.3 Å². The van der Waals surface area contributed by atoms with Crippen molar-refractivity contribution >= 4 is 17.4 Å². The third-order valence-corrected chi connectivity index (χ3v) is 5.54. The Hall–Kier alpha value is -3.94. The van der Waals surface area contributed by atoms with Crippen molar-refractivity contribution in [1.82, 2.24) is 14.5 Å². The van der Waals surface area contributed by atoms with E-state index in [0.29, 0.717) is 37.4 Å². The van der Waals surface area contributed by atoms with E-state index in [9.17, 15) is 19.1 Å². The Bertz CT molecular complexity index is 1160. The van der Waals surface area contributed by atoms with Gasteiger partial charge in [-0.3, -0.25) is 9.59 Å². The number of carbonyl (C=O) groups excluding carboxylic acids is 2. The van der Waals surface area contributed by atoms with Gasteiger partial charge >= 0.3 is 0 Å². The van der Waals surface area contributed by atoms with Gasteiger partial charge in [0.05, 0.1) is 24.5 Å². The van der Waals surface area contributed by atoms with E-state index >= 15 is 0 Å². The summed E-state index contributed by atoms with van der Waals surface area (Å²) < 4.78 is 20.8. The molecule has 0 unspecified atom stereocenters. The van der Waals surface area contributed by atoms with Gasteiger partial charge in [-0.15, -0.1) is 0 Å². The molecule has 4 rings (SSSR count). The van der Waals surface area contributed by atoms with Gasteiger partial charge in [0, 0.05) is 31.0 Å². The van der Waals surface area contributed by atoms with Gasteiger partial charge in [-0.1, -0.05) is 12.1 Å². The number of benzene rings is 2. The summed E-state index contributed by atoms with van der Waals surface area (Å²) in [5, 5.41) is 11.0. The number of likely N-dealkylation sites (tertiary alicyclic amines) is 1. The van der Waals surface area contributed by atoms with E-state index < -0.39 is 23.5 Å². The predicted octanol–water partition coefficient (Wildman–Crippen LogP) is 3.93. The molecule has 0 aliphatic carbocycles. The number of aryl methyl sites for hydroxylation is 1. The average Bonchev–Trinajstić information content (AvgIpc) is 3.42. The zero-order valence-electron chi connectivity index (χ0n) is 18.1. The maximum atomic E-state index is 13.4. The predicted molar refractivity (Wildman–Crippen MR) is 120 cm³/mol. The van der Waals surface area contributed by atoms with E-state index in [1.54, 1.807) is 36.8 Å². The Labute approximate surface area is 190 Å². The highest BCUT2D eigenvalue weighted by molar-refractivity contribution is 6.46. The molecule has 1 saturated heterocycles. The Balaban J connectivity index is 1.71. The van der Waals surface area contributed by atoms with Crippen molar-refractivity contribution in [2.75, 3.05) is 13.2 Å². The standard InChI is InChI=1S/C25H24FN3O4/c1-2-33-20-10-6-17(7-11-20)22-21(23(30)18-4-8-19(26)9-5-18)24(31)25(32)29(22)14-3-13-28-15-12-27-16-28/h4-12,15-16,22,30H,2-3,13-14H2,1H3/t22-/m0/s1. The van der Waals surface area contributed by atoms with Crippen molar-refractivity contribution < 1.29 is 23.8 Å². The molecule has 170 valence electrons. The first-order chi connectivity index (χ1) is 16.0. The number of carbonyl (C=O) groups is 2. The molecule has 0 saturated carbocycles. The Morgan fingerprint density at radius 2 is 1.82 bits per heavy atom. The van der Waals surface area contributed by atoms with Crippen LogP contribution in [0.1, 0.15) is 30.5 Å². The van der Waals surface area contributed by atoms with Crippen molar-refractivity contribution in [3.05, 3.63) is 89.8 Å². The number of ketones is 1. The fraction of sp³-hybridized carbons (Fsp3) is 0.240. The third kappa shape index (κ3) is 4.64. The number of ether oxygens (including phenoxy) is 1. The largest absolute Gasteiger partial charge is 0.507 e. The maximum absolute atomic E-state index is 13.4. The van der Waals surface area contributed by atoms with Crippen LogP contribution in [0.25, 0.3) is 5.76 Å². The number of amides is 1. The quantitative estimate of drug-likeness (QED) is 0.320. The molecule has 1 atom stereocenters. The summed E-state index contributed by atoms with van der Waals surface area (Å²) in [7, 11) is 0. The molecule has 1 aliphatic heterocycles. The molecule has 7 nitrogen and oxygen atoms in total. The smallest absolute Gasteiger partial charge is 0.295 e. The minimum Gasteiger partial charge on any atom is -0.507 e. The summed E-state index contributed by atoms with van der Waals surface area (Å²) in [6.45, 7) is 3.32. The van der Waals surface area contributed by atoms with Crippen LogP contribution in [0.3, 0.4) is 0 Å². The van der Waals surface area contributed by atoms with Gasteiger partial charge in [0.2, 0.25) is 0 Å². The fourth-order valence-corrected chi connectivity index (χ4v) is 3.98. The third-order valence-electron chi connectivity index (χ3n) is 5.54. The van der Waals surface area contributed by atoms with Crippen LogP contribution in [0.2, 0.25) is 0 Å². The first kappa shape index (κ1) is 22.3. The molecule has 33 heavy (non-hydrogen) atoms. The lowest BCUT2D eigenvalue weighted by molar-refractivity contribution is -0.139. The molecule has 1 N–H and O–H groups in total. The summed E-state index contributed by atoms with van der Waals surface area (Å²) >= 11 is 0. The Kier molecular flexibility index (Phi) is 6.53. The number of Topliss-reactive ketones (excluding diaryl/α,β-unsaturated/α-hetero) is 1. The molecule has 2 aromatic carbocycles. The van der Waals surface area contributed by atoms with Gasteiger partial charge in [-0.25, -0.2) is 9.37 Å². The SMILES string of the molecule is CCOc1ccc([C@H]2C(=C(O)c3ccc(F)cc3)C(=O)C(=O)N2CCCn2ccnc2)cc1. The molecule has 2 heterocycles. The monoisotopic (exact) mass is 449 g/mol. The fourth-order valence-electron chi connectivity index (χ4n) is 3.98. The minimum atomic E-state index is -0.770. The van der Waals surface area contributed by atoms with E-state index in [1.165, 1.54) is 29.2 Å². The number of aliphatic hydroxyl groups is 1. The molecule has 0 spiro atoms. The van der Waals surface area contributed by atoms with Gasteiger partial charge in [-0.2, -0.15) is 0 Å². The lowest BCUT2D eigenvalue weighted by Gasteiger charge is -2.25. The van der Waals surface area contributed by atoms with Crippen LogP contribution in [-0.4, -0.2) is 44.4 Å². The van der Waals surface area contributed by atoms with Crippen LogP contribution in [-0.2, 0) is 16.1 Å². The number of aromatic nitrogens is 2. The second-order valence-electron chi connectivity index (χ2n) is 7.66. The number of imidazole rings is 1. The lowest BCUT2D eigenvalue weighted by atomic mass is 9.95. The van der Waals surface area contributed by atoms with Crippen LogP contribution < -0.4 is 4.74 Å². The minimum absolute atomic E-state index is 0.0154. The normalized spacial score (nSPS) is 17.5. The molecule has 1 fully saturated rings. The van der Waals surface area contributed by atoms with E-state index in [1.807, 2.05) is 17.7 Å². The number of halogens is 1. The van der Waals surface area contributed by atoms with Gasteiger partial charge in [-0.05, 0) is 55.3 Å². The van der Waals surface area contributed by atoms with Crippen LogP contribution in [0, 0.1) is 5.82 Å². The number of hydrogen-bond donors (Lipinski definition) is 1. The summed E-state index contributed by atoms with van der Waals surface area (Å²) in [6, 6.07) is 11.5. The van der Waals surface area contributed by atoms with E-state index in [0.717, 1.165) is 0 Å². The van der Waals surface area contributed by atoms with E-state index in [4.69, 9.17) is 4.74 Å². The molecule has 8 heteroatoms. The van der Waals surface area contributed by atoms with E-state index in [-0.39, 0.29) is 16.9 Å². The zero-order chi connectivity index (χ0) is 23.4. The van der Waals surface area contributed by atoms with Crippen molar-refractivity contribution in [3.8, 4) is 5.75 Å². The average molecular weight is 449 g/mol. The van der Waals surface area contributed by atoms with Gasteiger partial charge in [0.15, 0.2) is 0 Å². The molecular weight excluding hydrogens is 425 g/mol. The summed E-state index contributed by atoms with van der Waals surface area (Å²) in [5.41, 5.74) is 0.922. The molecule has 1 aliphatic rings. The Morgan fingerprint density at radius 1 is 1.09 bits per heavy atom. The highest BCUT2D eigenvalue weighted by atomic mass is 19.1. The number of rotatable bonds is 8. The van der Waals surface area contributed by atoms with Gasteiger partial charge in [0.25, 0.3) is 11.7 Å². The maximum Gasteiger partial charge on any atom is 0.295 e. The number of aliphatic hydroxyl groups excluding tert-OH is 1. The van der Waals surface area contributed by atoms with E-state index in [2.05, 4.69) is 4.98 Å². The molecule has 3 aromatic rings. The molecule has 1 amide bonds. The second kappa shape index (κ2) is 9.68. The van der Waals surface area contributed by atoms with Gasteiger partial charge in [0.1, 0.15) is 17.3 Å². The summed E-state index contributed by atoms with van der Waals surface area (Å²) in [6.07, 6.45) is 5.78. The zero-order valence-corrected chi connectivity index (χ0v) is 18.1. The molecular formula is C25H24FN3O4. The number of nitrogens with zero attached hydrogens (tertiary/aromatic N) is 3. The van der Waals surface area contributed by atoms with Crippen LogP contribution in [0.4, 0.5) is 4.39 Å². The van der Waals surface area contributed by atoms with Crippen molar-refractivity contribution in [2.45, 2.75) is 25.9 Å². The molecule has 1 aromatic heterocycles. The first-order valence-electron chi connectivity index (χ1n) is 10.7. The molecule has 0 bridgehead atoms. The lowest BCUT2D eigenvalue weighted by Crippen LogP contribution is -2.31. The topological polar surface area (TPSA) is 84.7 Å². The van der Waals surface area contributed by atoms with Crippen LogP contribution >= 0.6 is 0 Å². The highest BCUT2D eigenvalue weighted by Gasteiger charge is 2.45. The first-order valence-corrected chi connectivity index (χ1v) is 10.7. The van der Waals surface area contributed by atoms with Crippen molar-refractivity contribution in [3.63, 3.8) is 0 Å². The Morgan fingerprint density at radius 3 is 2.45 bits per heavy atom. The summed E-state index contributed by atoms with van der Waals surface area (Å²) in [5.74, 6) is -1.57. The van der Waals surface area contributed by atoms with Crippen molar-refractivity contribution in [1.29, 1.82) is 0 Å². The van der Waals surface area contributed by atoms with Crippen LogP contribution in [0.15, 0.2) is 72.8 Å². The highest BCUT2D eigenvalue weighted by Crippen LogP contribution is 2.39. The number of hydrogen-bond acceptors (Lipinski definition) is 5.